The van der Waals surface area contributed by atoms with Crippen molar-refractivity contribution in [2.75, 3.05) is 19.5 Å². The van der Waals surface area contributed by atoms with Crippen molar-refractivity contribution in [3.63, 3.8) is 0 Å². The van der Waals surface area contributed by atoms with E-state index in [0.717, 1.165) is 5.52 Å². The number of carbonyl (C=O) groups excluding carboxylic acids is 1. The minimum absolute atomic E-state index is 0.151. The number of aryl methyl sites for hydroxylation is 1. The Morgan fingerprint density at radius 2 is 1.78 bits per heavy atom. The van der Waals surface area contributed by atoms with Gasteiger partial charge >= 0.3 is 0 Å². The molecule has 0 fully saturated rings. The molecule has 3 aromatic rings. The first-order chi connectivity index (χ1) is 13.0. The molecule has 1 N–H and O–H groups in total. The molecular weight excluding hydrogens is 344 g/mol. The predicted molar refractivity (Wildman–Crippen MR) is 107 cm³/mol. The summed E-state index contributed by atoms with van der Waals surface area (Å²) in [7, 11) is 4.93. The number of hydrogen-bond donors (Lipinski definition) is 1. The van der Waals surface area contributed by atoms with Crippen molar-refractivity contribution in [1.29, 1.82) is 0 Å². The van der Waals surface area contributed by atoms with Crippen molar-refractivity contribution >= 4 is 22.6 Å². The van der Waals surface area contributed by atoms with Gasteiger partial charge in [-0.1, -0.05) is 25.1 Å². The summed E-state index contributed by atoms with van der Waals surface area (Å²) in [6, 6.07) is 12.6. The number of methoxy groups -OCH3 is 2. The first-order valence-corrected chi connectivity index (χ1v) is 8.65. The number of nitrogens with zero attached hydrogens (tertiary/aromatic N) is 1. The molecule has 6 nitrogen and oxygen atoms in total. The van der Waals surface area contributed by atoms with Crippen LogP contribution in [0.15, 0.2) is 47.3 Å². The summed E-state index contributed by atoms with van der Waals surface area (Å²) in [6.07, 6.45) is 0.312. The molecule has 140 valence electrons. The first-order valence-electron chi connectivity index (χ1n) is 8.65. The van der Waals surface area contributed by atoms with E-state index in [0.29, 0.717) is 40.3 Å². The maximum absolute atomic E-state index is 13.3. The number of aromatic nitrogens is 1. The van der Waals surface area contributed by atoms with E-state index in [9.17, 15) is 9.59 Å². The van der Waals surface area contributed by atoms with Crippen molar-refractivity contribution < 1.29 is 14.3 Å². The fourth-order valence-corrected chi connectivity index (χ4v) is 3.11. The minimum Gasteiger partial charge on any atom is -0.493 e. The number of ether oxygens (including phenoxy) is 2. The van der Waals surface area contributed by atoms with Crippen LogP contribution in [0, 0.1) is 0 Å². The molecule has 1 aromatic heterocycles. The largest absolute Gasteiger partial charge is 0.493 e. The summed E-state index contributed by atoms with van der Waals surface area (Å²) in [5.41, 5.74) is 1.66. The Bertz CT molecular complexity index is 1070. The summed E-state index contributed by atoms with van der Waals surface area (Å²) >= 11 is 0. The Morgan fingerprint density at radius 1 is 1.07 bits per heavy atom. The Kier molecular flexibility index (Phi) is 5.16. The number of hydrogen-bond acceptors (Lipinski definition) is 4. The molecule has 1 amide bonds. The Labute approximate surface area is 157 Å². The third-order valence-corrected chi connectivity index (χ3v) is 4.56. The highest BCUT2D eigenvalue weighted by atomic mass is 16.5. The highest BCUT2D eigenvalue weighted by molar-refractivity contribution is 5.98. The lowest BCUT2D eigenvalue weighted by atomic mass is 10.0. The van der Waals surface area contributed by atoms with E-state index in [2.05, 4.69) is 5.32 Å². The Morgan fingerprint density at radius 3 is 2.44 bits per heavy atom. The predicted octanol–water partition coefficient (Wildman–Crippen LogP) is 3.57. The number of amides is 1. The minimum atomic E-state index is -0.165. The fourth-order valence-electron chi connectivity index (χ4n) is 3.11. The fraction of sp³-hybridized carbons (Fsp3) is 0.238. The van der Waals surface area contributed by atoms with E-state index in [1.807, 2.05) is 29.8 Å². The second-order valence-electron chi connectivity index (χ2n) is 6.10. The molecule has 2 aromatic carbocycles. The molecular formula is C21H22N2O4. The number of pyridine rings is 1. The molecule has 0 atom stereocenters. The van der Waals surface area contributed by atoms with E-state index >= 15 is 0 Å². The summed E-state index contributed by atoms with van der Waals surface area (Å²) in [5.74, 6) is 1.37. The Hall–Kier alpha value is -3.28. The van der Waals surface area contributed by atoms with Crippen LogP contribution in [0.4, 0.5) is 5.82 Å². The Balaban J connectivity index is 2.37. The standard InChI is InChI=1S/C21H22N2O4/c1-5-18(24)22-21-19(13-10-11-16(26-3)17(12-13)27-4)20(25)14-8-6-7-9-15(14)23(21)2/h6-12H,5H2,1-4H3,(H,22,24). The summed E-state index contributed by atoms with van der Waals surface area (Å²) in [4.78, 5) is 25.4. The lowest BCUT2D eigenvalue weighted by molar-refractivity contribution is -0.115. The van der Waals surface area contributed by atoms with Crippen LogP contribution in [0.1, 0.15) is 13.3 Å². The lowest BCUT2D eigenvalue weighted by Gasteiger charge is -2.18. The van der Waals surface area contributed by atoms with Crippen LogP contribution >= 0.6 is 0 Å². The van der Waals surface area contributed by atoms with Gasteiger partial charge in [-0.2, -0.15) is 0 Å². The zero-order chi connectivity index (χ0) is 19.6. The van der Waals surface area contributed by atoms with E-state index < -0.39 is 0 Å². The normalized spacial score (nSPS) is 10.7. The summed E-state index contributed by atoms with van der Waals surface area (Å²) < 4.78 is 12.5. The van der Waals surface area contributed by atoms with Crippen LogP contribution < -0.4 is 20.2 Å². The van der Waals surface area contributed by atoms with Crippen LogP contribution in [-0.4, -0.2) is 24.7 Å². The lowest BCUT2D eigenvalue weighted by Crippen LogP contribution is -2.20. The second kappa shape index (κ2) is 7.53. The molecule has 0 aliphatic carbocycles. The molecule has 0 spiro atoms. The van der Waals surface area contributed by atoms with Crippen molar-refractivity contribution in [2.24, 2.45) is 7.05 Å². The van der Waals surface area contributed by atoms with Gasteiger partial charge in [-0.15, -0.1) is 0 Å². The summed E-state index contributed by atoms with van der Waals surface area (Å²) in [5, 5.41) is 3.46. The highest BCUT2D eigenvalue weighted by Crippen LogP contribution is 2.35. The molecule has 0 aliphatic heterocycles. The van der Waals surface area contributed by atoms with E-state index in [1.165, 1.54) is 0 Å². The van der Waals surface area contributed by atoms with Gasteiger partial charge in [0, 0.05) is 18.9 Å². The van der Waals surface area contributed by atoms with Gasteiger partial charge in [0.1, 0.15) is 5.82 Å². The molecule has 1 heterocycles. The van der Waals surface area contributed by atoms with Gasteiger partial charge in [-0.05, 0) is 29.8 Å². The average Bonchev–Trinajstić information content (AvgIpc) is 2.71. The summed E-state index contributed by atoms with van der Waals surface area (Å²) in [6.45, 7) is 1.77. The molecule has 0 aliphatic rings. The van der Waals surface area contributed by atoms with Gasteiger partial charge in [0.15, 0.2) is 16.9 Å². The third-order valence-electron chi connectivity index (χ3n) is 4.56. The smallest absolute Gasteiger partial charge is 0.225 e. The SMILES string of the molecule is CCC(=O)Nc1c(-c2ccc(OC)c(OC)c2)c(=O)c2ccccc2n1C. The zero-order valence-corrected chi connectivity index (χ0v) is 15.8. The number of rotatable bonds is 5. The van der Waals surface area contributed by atoms with Crippen molar-refractivity contribution in [2.45, 2.75) is 13.3 Å². The van der Waals surface area contributed by atoms with Gasteiger partial charge in [0.25, 0.3) is 0 Å². The zero-order valence-electron chi connectivity index (χ0n) is 15.8. The molecule has 27 heavy (non-hydrogen) atoms. The van der Waals surface area contributed by atoms with E-state index in [-0.39, 0.29) is 11.3 Å². The van der Waals surface area contributed by atoms with E-state index in [4.69, 9.17) is 9.47 Å². The number of fused-ring (bicyclic) bond motifs is 1. The second-order valence-corrected chi connectivity index (χ2v) is 6.10. The van der Waals surface area contributed by atoms with Crippen LogP contribution in [0.3, 0.4) is 0 Å². The van der Waals surface area contributed by atoms with Gasteiger partial charge in [-0.25, -0.2) is 0 Å². The molecule has 0 bridgehead atoms. The van der Waals surface area contributed by atoms with Gasteiger partial charge in [0.05, 0.1) is 25.3 Å². The molecule has 3 rings (SSSR count). The van der Waals surface area contributed by atoms with Crippen LogP contribution in [0.2, 0.25) is 0 Å². The molecule has 0 radical (unpaired) electrons. The molecule has 0 saturated heterocycles. The van der Waals surface area contributed by atoms with Gasteiger partial charge < -0.3 is 19.4 Å². The maximum atomic E-state index is 13.3. The molecule has 6 heteroatoms. The van der Waals surface area contributed by atoms with Crippen molar-refractivity contribution in [3.8, 4) is 22.6 Å². The number of carbonyl (C=O) groups is 1. The maximum Gasteiger partial charge on any atom is 0.225 e. The van der Waals surface area contributed by atoms with Crippen LogP contribution in [0.5, 0.6) is 11.5 Å². The van der Waals surface area contributed by atoms with Crippen LogP contribution in [0.25, 0.3) is 22.0 Å². The number of anilines is 1. The number of benzene rings is 2. The monoisotopic (exact) mass is 366 g/mol. The number of para-hydroxylation sites is 1. The number of nitrogens with one attached hydrogen (secondary N) is 1. The molecule has 0 saturated carbocycles. The topological polar surface area (TPSA) is 69.6 Å². The highest BCUT2D eigenvalue weighted by Gasteiger charge is 2.19. The van der Waals surface area contributed by atoms with E-state index in [1.54, 1.807) is 45.4 Å². The molecule has 0 unspecified atom stereocenters. The quantitative estimate of drug-likeness (QED) is 0.749. The van der Waals surface area contributed by atoms with Crippen molar-refractivity contribution in [1.82, 2.24) is 4.57 Å². The first kappa shape index (κ1) is 18.5. The van der Waals surface area contributed by atoms with Crippen molar-refractivity contribution in [3.05, 3.63) is 52.7 Å². The van der Waals surface area contributed by atoms with Crippen LogP contribution in [-0.2, 0) is 11.8 Å². The third kappa shape index (κ3) is 3.26. The van der Waals surface area contributed by atoms with Gasteiger partial charge in [-0.3, -0.25) is 9.59 Å². The average molecular weight is 366 g/mol. The van der Waals surface area contributed by atoms with Gasteiger partial charge in [0.2, 0.25) is 5.91 Å².